The zero-order valence-corrected chi connectivity index (χ0v) is 22.3. The number of nitrogens with one attached hydrogen (secondary N) is 1. The van der Waals surface area contributed by atoms with Gasteiger partial charge in [-0.3, -0.25) is 0 Å². The Morgan fingerprint density at radius 2 is 1.69 bits per heavy atom. The van der Waals surface area contributed by atoms with Crippen LogP contribution in [-0.4, -0.2) is 43.3 Å². The number of carbonyl (C=O) groups excluding carboxylic acids is 1. The van der Waals surface area contributed by atoms with Crippen molar-refractivity contribution in [3.8, 4) is 0 Å². The summed E-state index contributed by atoms with van der Waals surface area (Å²) < 4.78 is 11.5. The molecule has 1 N–H and O–H groups in total. The molecule has 9 unspecified atom stereocenters. The Balaban J connectivity index is 1.17. The van der Waals surface area contributed by atoms with Crippen LogP contribution in [-0.2, 0) is 4.74 Å². The van der Waals surface area contributed by atoms with Crippen molar-refractivity contribution in [1.82, 2.24) is 10.2 Å². The molecule has 4 aliphatic carbocycles. The van der Waals surface area contributed by atoms with Crippen LogP contribution < -0.4 is 10.9 Å². The molecule has 0 radical (unpaired) electrons. The Hall–Kier alpha value is -1.82. The average molecular weight is 497 g/mol. The number of nitrogens with zero attached hydrogens (tertiary/aromatic N) is 1. The van der Waals surface area contributed by atoms with Gasteiger partial charge in [-0.05, 0) is 109 Å². The van der Waals surface area contributed by atoms with Crippen molar-refractivity contribution in [2.45, 2.75) is 77.7 Å². The minimum atomic E-state index is -0.249. The molecule has 2 heterocycles. The average Bonchev–Trinajstić information content (AvgIpc) is 3.32. The summed E-state index contributed by atoms with van der Waals surface area (Å²) in [6.07, 6.45) is 10.4. The van der Waals surface area contributed by atoms with Crippen molar-refractivity contribution in [2.75, 3.05) is 26.2 Å². The number of hydrogen-bond acceptors (Lipinski definition) is 5. The van der Waals surface area contributed by atoms with E-state index in [1.165, 1.54) is 44.1 Å². The molecule has 36 heavy (non-hydrogen) atoms. The maximum Gasteiger partial charge on any atom is 0.410 e. The summed E-state index contributed by atoms with van der Waals surface area (Å²) in [4.78, 5) is 26.3. The summed E-state index contributed by atoms with van der Waals surface area (Å²) in [7, 11) is 0. The van der Waals surface area contributed by atoms with Crippen LogP contribution in [0.2, 0.25) is 0 Å². The molecule has 1 aliphatic heterocycles. The van der Waals surface area contributed by atoms with E-state index < -0.39 is 0 Å². The van der Waals surface area contributed by atoms with Gasteiger partial charge >= 0.3 is 11.7 Å². The van der Waals surface area contributed by atoms with Crippen LogP contribution in [0, 0.1) is 46.8 Å². The quantitative estimate of drug-likeness (QED) is 0.603. The molecule has 1 saturated heterocycles. The lowest BCUT2D eigenvalue weighted by atomic mass is 9.45. The van der Waals surface area contributed by atoms with Crippen molar-refractivity contribution >= 4 is 6.09 Å². The number of ether oxygens (including phenoxy) is 1. The number of hydrogen-bond donors (Lipinski definition) is 1. The smallest absolute Gasteiger partial charge is 0.410 e. The van der Waals surface area contributed by atoms with E-state index in [2.05, 4.69) is 26.1 Å². The lowest BCUT2D eigenvalue weighted by Crippen LogP contribution is -2.57. The maximum absolute atomic E-state index is 13.0. The van der Waals surface area contributed by atoms with Gasteiger partial charge in [0.2, 0.25) is 0 Å². The molecular weight excluding hydrogens is 452 g/mol. The molecule has 0 spiro atoms. The predicted octanol–water partition coefficient (Wildman–Crippen LogP) is 5.28. The summed E-state index contributed by atoms with van der Waals surface area (Å²) in [6, 6.07) is 3.60. The maximum atomic E-state index is 13.0. The molecule has 5 fully saturated rings. The highest BCUT2D eigenvalue weighted by Gasteiger charge is 2.58. The van der Waals surface area contributed by atoms with Crippen LogP contribution in [0.25, 0.3) is 0 Å². The number of amides is 1. The highest BCUT2D eigenvalue weighted by molar-refractivity contribution is 5.68. The number of fused-ring (bicyclic) bond motifs is 5. The first-order valence-electron chi connectivity index (χ1n) is 14.6. The second-order valence-corrected chi connectivity index (χ2v) is 13.2. The fraction of sp³-hybridized carbons (Fsp3) is 0.800. The monoisotopic (exact) mass is 496 g/mol. The highest BCUT2D eigenvalue weighted by atomic mass is 16.6. The largest absolute Gasteiger partial charge is 0.446 e. The summed E-state index contributed by atoms with van der Waals surface area (Å²) >= 11 is 0. The third-order valence-electron chi connectivity index (χ3n) is 11.6. The fourth-order valence-electron chi connectivity index (χ4n) is 9.68. The summed E-state index contributed by atoms with van der Waals surface area (Å²) in [5.74, 6) is 5.43. The van der Waals surface area contributed by atoms with Crippen molar-refractivity contribution in [3.63, 3.8) is 0 Å². The molecule has 0 bridgehead atoms. The molecule has 1 amide bonds. The second kappa shape index (κ2) is 9.49. The first-order chi connectivity index (χ1) is 17.3. The Morgan fingerprint density at radius 1 is 1.00 bits per heavy atom. The van der Waals surface area contributed by atoms with E-state index in [4.69, 9.17) is 9.15 Å². The van der Waals surface area contributed by atoms with Crippen molar-refractivity contribution in [3.05, 3.63) is 34.4 Å². The van der Waals surface area contributed by atoms with Crippen LogP contribution in [0.4, 0.5) is 4.79 Å². The minimum Gasteiger partial charge on any atom is -0.446 e. The van der Waals surface area contributed by atoms with Crippen LogP contribution in [0.3, 0.4) is 0 Å². The molecule has 1 aromatic rings. The van der Waals surface area contributed by atoms with Gasteiger partial charge in [-0.25, -0.2) is 9.59 Å². The van der Waals surface area contributed by atoms with Crippen molar-refractivity contribution in [2.24, 2.45) is 46.8 Å². The van der Waals surface area contributed by atoms with Crippen molar-refractivity contribution < 1.29 is 13.9 Å². The predicted molar refractivity (Wildman–Crippen MR) is 139 cm³/mol. The van der Waals surface area contributed by atoms with E-state index in [1.54, 1.807) is 12.3 Å². The molecule has 6 heteroatoms. The molecule has 5 aliphatic rings. The van der Waals surface area contributed by atoms with Gasteiger partial charge in [0.15, 0.2) is 0 Å². The first kappa shape index (κ1) is 24.5. The van der Waals surface area contributed by atoms with Gasteiger partial charge in [0.05, 0.1) is 6.26 Å². The second-order valence-electron chi connectivity index (χ2n) is 13.2. The topological polar surface area (TPSA) is 71.8 Å². The lowest BCUT2D eigenvalue weighted by molar-refractivity contribution is -0.143. The van der Waals surface area contributed by atoms with Gasteiger partial charge in [0.1, 0.15) is 6.10 Å². The van der Waals surface area contributed by atoms with Crippen LogP contribution in [0.5, 0.6) is 0 Å². The van der Waals surface area contributed by atoms with Gasteiger partial charge in [0, 0.05) is 32.2 Å². The van der Waals surface area contributed by atoms with E-state index >= 15 is 0 Å². The van der Waals surface area contributed by atoms with Crippen molar-refractivity contribution in [1.29, 1.82) is 0 Å². The van der Waals surface area contributed by atoms with E-state index in [-0.39, 0.29) is 23.2 Å². The Kier molecular flexibility index (Phi) is 6.46. The van der Waals surface area contributed by atoms with Gasteiger partial charge in [0.25, 0.3) is 0 Å². The molecule has 1 aromatic heterocycles. The normalized spacial score (nSPS) is 41.6. The molecule has 6 nitrogen and oxygen atoms in total. The first-order valence-corrected chi connectivity index (χ1v) is 14.6. The fourth-order valence-corrected chi connectivity index (χ4v) is 9.68. The van der Waals surface area contributed by atoms with Gasteiger partial charge in [-0.1, -0.05) is 20.8 Å². The molecule has 198 valence electrons. The summed E-state index contributed by atoms with van der Waals surface area (Å²) in [6.45, 7) is 10.5. The molecule has 9 atom stereocenters. The summed E-state index contributed by atoms with van der Waals surface area (Å²) in [5, 5.41) is 3.32. The van der Waals surface area contributed by atoms with Crippen LogP contribution >= 0.6 is 0 Å². The van der Waals surface area contributed by atoms with Crippen LogP contribution in [0.1, 0.15) is 77.2 Å². The van der Waals surface area contributed by atoms with Gasteiger partial charge in [-0.2, -0.15) is 0 Å². The highest BCUT2D eigenvalue weighted by Crippen LogP contribution is 2.64. The minimum absolute atomic E-state index is 0.0279. The number of rotatable bonds is 2. The Bertz CT molecular complexity index is 994. The van der Waals surface area contributed by atoms with E-state index in [1.807, 2.05) is 11.0 Å². The Labute approximate surface area is 215 Å². The third kappa shape index (κ3) is 4.12. The zero-order valence-electron chi connectivity index (χ0n) is 22.3. The van der Waals surface area contributed by atoms with Crippen LogP contribution in [0.15, 0.2) is 27.6 Å². The van der Waals surface area contributed by atoms with E-state index in [9.17, 15) is 9.59 Å². The molecule has 6 rings (SSSR count). The van der Waals surface area contributed by atoms with Gasteiger partial charge in [-0.15, -0.1) is 0 Å². The lowest BCUT2D eigenvalue weighted by Gasteiger charge is -2.60. The third-order valence-corrected chi connectivity index (χ3v) is 11.6. The SMILES string of the molecule is CC1C(OC(=O)N2CCNCC2)CC2CCC3C4CCC(c5ccc(=O)oc5)C4CCC3C2C1(C)C. The van der Waals surface area contributed by atoms with Gasteiger partial charge < -0.3 is 19.4 Å². The Morgan fingerprint density at radius 3 is 2.44 bits per heavy atom. The molecular formula is C30H44N2O4. The molecule has 4 saturated carbocycles. The molecule has 0 aromatic carbocycles. The van der Waals surface area contributed by atoms with E-state index in [0.717, 1.165) is 62.2 Å². The summed E-state index contributed by atoms with van der Waals surface area (Å²) in [5.41, 5.74) is 1.14. The van der Waals surface area contributed by atoms with E-state index in [0.29, 0.717) is 17.8 Å². The number of carbonyl (C=O) groups is 1. The standard InChI is InChI=1S/C30H44N2O4/c1-18-26(36-29(34)32-14-12-31-13-15-32)16-19-4-6-24-23-8-7-21(20-5-11-27(33)35-17-20)22(23)9-10-25(24)28(19)30(18,2)3/h5,11,17-19,21-26,28,31H,4,6-10,12-16H2,1-3H3. The number of piperazine rings is 1. The zero-order chi connectivity index (χ0) is 25.0.